The molecule has 4 unspecified atom stereocenters. The van der Waals surface area contributed by atoms with Gasteiger partial charge in [0.05, 0.1) is 6.10 Å². The zero-order valence-corrected chi connectivity index (χ0v) is 28.3. The first kappa shape index (κ1) is 34.7. The molecule has 0 aliphatic heterocycles. The number of ether oxygens (including phenoxy) is 2. The third-order valence-electron chi connectivity index (χ3n) is 13.1. The van der Waals surface area contributed by atoms with E-state index in [1.165, 1.54) is 5.32 Å². The molecule has 48 heavy (non-hydrogen) atoms. The number of carbonyl (C=O) groups excluding carboxylic acids is 1. The zero-order chi connectivity index (χ0) is 34.4. The van der Waals surface area contributed by atoms with Crippen molar-refractivity contribution in [2.45, 2.75) is 110 Å². The minimum absolute atomic E-state index is 0.00455. The molecule has 4 aliphatic carbocycles. The lowest BCUT2D eigenvalue weighted by Gasteiger charge is -2.63. The third-order valence-corrected chi connectivity index (χ3v) is 13.1. The highest BCUT2D eigenvalue weighted by Crippen LogP contribution is 2.68. The molecule has 10 heteroatoms. The van der Waals surface area contributed by atoms with Crippen LogP contribution < -0.4 is 26.3 Å². The third kappa shape index (κ3) is 6.82. The van der Waals surface area contributed by atoms with Crippen LogP contribution in [0.15, 0.2) is 48.5 Å². The number of halogens is 4. The number of carbonyl (C=O) groups is 1. The van der Waals surface area contributed by atoms with E-state index in [9.17, 15) is 22.4 Å². The highest BCUT2D eigenvalue weighted by atomic mass is 19.4. The number of anilines is 2. The van der Waals surface area contributed by atoms with Crippen molar-refractivity contribution < 1.29 is 31.8 Å². The lowest BCUT2D eigenvalue weighted by atomic mass is 9.43. The van der Waals surface area contributed by atoms with Gasteiger partial charge in [0.2, 0.25) is 5.91 Å². The van der Waals surface area contributed by atoms with Crippen LogP contribution in [0.25, 0.3) is 0 Å². The molecule has 6 nitrogen and oxygen atoms in total. The van der Waals surface area contributed by atoms with Gasteiger partial charge in [-0.3, -0.25) is 4.79 Å². The van der Waals surface area contributed by atoms with Crippen molar-refractivity contribution in [1.82, 2.24) is 5.32 Å². The molecule has 4 fully saturated rings. The van der Waals surface area contributed by atoms with Crippen molar-refractivity contribution in [1.29, 1.82) is 0 Å². The van der Waals surface area contributed by atoms with Gasteiger partial charge in [-0.25, -0.2) is 4.39 Å². The van der Waals surface area contributed by atoms with Crippen LogP contribution in [0.3, 0.4) is 0 Å². The number of benzene rings is 2. The molecule has 6 rings (SSSR count). The van der Waals surface area contributed by atoms with E-state index < -0.39 is 18.4 Å². The number of nitrogens with two attached hydrogens (primary N) is 2. The number of nitrogen functional groups attached to an aromatic ring is 2. The first-order valence-corrected chi connectivity index (χ1v) is 17.7. The number of rotatable bonds is 9. The van der Waals surface area contributed by atoms with Gasteiger partial charge in [-0.15, -0.1) is 0 Å². The first-order valence-electron chi connectivity index (χ1n) is 17.7. The summed E-state index contributed by atoms with van der Waals surface area (Å²) in [6, 6.07) is 15.3. The van der Waals surface area contributed by atoms with Crippen LogP contribution >= 0.6 is 0 Å². The smallest absolute Gasteiger partial charge is 0.438 e. The number of hydrogen-bond donors (Lipinski definition) is 3. The number of amides is 1. The molecule has 0 heterocycles. The van der Waals surface area contributed by atoms with Crippen molar-refractivity contribution in [3.8, 4) is 11.5 Å². The van der Waals surface area contributed by atoms with Gasteiger partial charge in [-0.2, -0.15) is 13.2 Å². The van der Waals surface area contributed by atoms with Crippen LogP contribution in [0, 0.1) is 46.3 Å². The highest BCUT2D eigenvalue weighted by molar-refractivity contribution is 5.76. The summed E-state index contributed by atoms with van der Waals surface area (Å²) in [4.78, 5) is 12.2. The maximum Gasteiger partial charge on any atom is 0.438 e. The van der Waals surface area contributed by atoms with Gasteiger partial charge in [0.1, 0.15) is 17.6 Å². The Balaban J connectivity index is 1.20. The van der Waals surface area contributed by atoms with E-state index in [2.05, 4.69) is 20.8 Å². The van der Waals surface area contributed by atoms with E-state index in [1.54, 1.807) is 0 Å². The van der Waals surface area contributed by atoms with Crippen LogP contribution in [-0.2, 0) is 4.79 Å². The molecule has 0 aromatic heterocycles. The molecule has 264 valence electrons. The monoisotopic (exact) mass is 673 g/mol. The molecule has 0 spiro atoms. The molecule has 2 aromatic rings. The summed E-state index contributed by atoms with van der Waals surface area (Å²) in [6.07, 6.45) is 0.150. The van der Waals surface area contributed by atoms with Gasteiger partial charge >= 0.3 is 6.18 Å². The summed E-state index contributed by atoms with van der Waals surface area (Å²) in [5, 5.41) is 1.48. The van der Waals surface area contributed by atoms with Crippen molar-refractivity contribution in [2.24, 2.45) is 46.3 Å². The van der Waals surface area contributed by atoms with Gasteiger partial charge in [0.25, 0.3) is 6.30 Å². The van der Waals surface area contributed by atoms with Crippen molar-refractivity contribution in [2.75, 3.05) is 11.5 Å². The molecule has 0 saturated heterocycles. The highest BCUT2D eigenvalue weighted by Gasteiger charge is 2.63. The number of fused-ring (bicyclic) bond motifs is 5. The Kier molecular flexibility index (Phi) is 9.59. The predicted molar refractivity (Wildman–Crippen MR) is 179 cm³/mol. The van der Waals surface area contributed by atoms with E-state index in [-0.39, 0.29) is 35.4 Å². The average molecular weight is 674 g/mol. The minimum atomic E-state index is -5.10. The van der Waals surface area contributed by atoms with Crippen LogP contribution in [0.1, 0.15) is 85.0 Å². The van der Waals surface area contributed by atoms with E-state index in [0.29, 0.717) is 47.4 Å². The maximum absolute atomic E-state index is 13.4. The standard InChI is InChI=1S/C38H51F4N3O3/c1-22(10-13-34(46)45-35(39)38(40,41)42)29-11-12-30-28-21-33(48-26-9-5-7-24(44)19-26)32-20-27(47-25-8-4-6-23(43)18-25)14-16-37(32,3)31(28)15-17-36(29,30)2/h4-9,18-19,22,27-33,35H,10-17,20-21,43-44H2,1-3H3,(H,45,46)/t22-,27?,28+,29-,30+,31+,32?,33?,35?,36-,37-/m1/s1. The Labute approximate surface area is 281 Å². The molecular weight excluding hydrogens is 622 g/mol. The first-order chi connectivity index (χ1) is 22.7. The minimum Gasteiger partial charge on any atom is -0.490 e. The number of alkyl halides is 4. The Morgan fingerprint density at radius 2 is 1.52 bits per heavy atom. The molecule has 2 aromatic carbocycles. The second-order valence-electron chi connectivity index (χ2n) is 15.8. The van der Waals surface area contributed by atoms with Gasteiger partial charge < -0.3 is 26.3 Å². The second kappa shape index (κ2) is 13.3. The summed E-state index contributed by atoms with van der Waals surface area (Å²) in [5.41, 5.74) is 13.7. The lowest BCUT2D eigenvalue weighted by molar-refractivity contribution is -0.191. The summed E-state index contributed by atoms with van der Waals surface area (Å²) in [5.74, 6) is 3.00. The van der Waals surface area contributed by atoms with E-state index >= 15 is 0 Å². The predicted octanol–water partition coefficient (Wildman–Crippen LogP) is 8.71. The molecular formula is C38H51F4N3O3. The summed E-state index contributed by atoms with van der Waals surface area (Å²) >= 11 is 0. The van der Waals surface area contributed by atoms with Gasteiger partial charge in [0, 0.05) is 35.8 Å². The SMILES string of the molecule is C[C@H](CCC(=O)NC(F)C(F)(F)F)[C@H]1CC[C@H]2[C@@H]3CC(Oc4cccc(N)c4)C4CC(Oc5cccc(N)c5)CC[C@]4(C)[C@H]3CC[C@]12C. The fourth-order valence-electron chi connectivity index (χ4n) is 10.8. The van der Waals surface area contributed by atoms with Crippen LogP contribution in [0.2, 0.25) is 0 Å². The molecule has 4 aliphatic rings. The van der Waals surface area contributed by atoms with Crippen molar-refractivity contribution >= 4 is 17.3 Å². The summed E-state index contributed by atoms with van der Waals surface area (Å²) in [7, 11) is 0. The summed E-state index contributed by atoms with van der Waals surface area (Å²) in [6.45, 7) is 7.00. The lowest BCUT2D eigenvalue weighted by Crippen LogP contribution is -2.59. The quantitative estimate of drug-likeness (QED) is 0.141. The average Bonchev–Trinajstić information content (AvgIpc) is 3.37. The number of nitrogens with one attached hydrogen (secondary N) is 1. The van der Waals surface area contributed by atoms with Gasteiger partial charge in [0.15, 0.2) is 0 Å². The number of hydrogen-bond acceptors (Lipinski definition) is 5. The Morgan fingerprint density at radius 3 is 2.17 bits per heavy atom. The second-order valence-corrected chi connectivity index (χ2v) is 15.8. The molecule has 11 atom stereocenters. The van der Waals surface area contributed by atoms with E-state index in [0.717, 1.165) is 62.9 Å². The van der Waals surface area contributed by atoms with Crippen molar-refractivity contribution in [3.05, 3.63) is 48.5 Å². The topological polar surface area (TPSA) is 99.6 Å². The molecule has 0 radical (unpaired) electrons. The van der Waals surface area contributed by atoms with Crippen LogP contribution in [-0.4, -0.2) is 30.6 Å². The largest absolute Gasteiger partial charge is 0.490 e. The maximum atomic E-state index is 13.4. The van der Waals surface area contributed by atoms with Crippen LogP contribution in [0.4, 0.5) is 28.9 Å². The Morgan fingerprint density at radius 1 is 0.896 bits per heavy atom. The van der Waals surface area contributed by atoms with Crippen molar-refractivity contribution in [3.63, 3.8) is 0 Å². The van der Waals surface area contributed by atoms with E-state index in [4.69, 9.17) is 20.9 Å². The van der Waals surface area contributed by atoms with Gasteiger partial charge in [-0.1, -0.05) is 32.9 Å². The molecule has 5 N–H and O–H groups in total. The Bertz CT molecular complexity index is 1460. The molecule has 1 amide bonds. The zero-order valence-electron chi connectivity index (χ0n) is 28.3. The van der Waals surface area contributed by atoms with Crippen LogP contribution in [0.5, 0.6) is 11.5 Å². The molecule has 0 bridgehead atoms. The summed E-state index contributed by atoms with van der Waals surface area (Å²) < 4.78 is 64.7. The van der Waals surface area contributed by atoms with E-state index in [1.807, 2.05) is 48.5 Å². The fraction of sp³-hybridized carbons (Fsp3) is 0.658. The normalized spacial score (nSPS) is 35.8. The van der Waals surface area contributed by atoms with Gasteiger partial charge in [-0.05, 0) is 122 Å². The molecule has 4 saturated carbocycles. The Hall–Kier alpha value is -3.17. The fourth-order valence-corrected chi connectivity index (χ4v) is 10.8.